The van der Waals surface area contributed by atoms with Crippen molar-refractivity contribution in [1.82, 2.24) is 4.90 Å². The minimum atomic E-state index is -0.275. The van der Waals surface area contributed by atoms with Gasteiger partial charge in [-0.25, -0.2) is 4.39 Å². The molecule has 1 amide bonds. The van der Waals surface area contributed by atoms with E-state index in [2.05, 4.69) is 15.9 Å². The highest BCUT2D eigenvalue weighted by Gasteiger charge is 2.30. The van der Waals surface area contributed by atoms with E-state index in [0.717, 1.165) is 23.7 Å². The van der Waals surface area contributed by atoms with Gasteiger partial charge in [0, 0.05) is 35.1 Å². The second-order valence-electron chi connectivity index (χ2n) is 5.36. The Morgan fingerprint density at radius 2 is 2.25 bits per heavy atom. The third kappa shape index (κ3) is 3.58. The van der Waals surface area contributed by atoms with Crippen molar-refractivity contribution in [3.8, 4) is 0 Å². The van der Waals surface area contributed by atoms with Crippen LogP contribution in [-0.4, -0.2) is 23.4 Å². The van der Waals surface area contributed by atoms with Crippen LogP contribution in [0, 0.1) is 11.7 Å². The molecule has 2 N–H and O–H groups in total. The van der Waals surface area contributed by atoms with Crippen LogP contribution in [0.3, 0.4) is 0 Å². The van der Waals surface area contributed by atoms with E-state index < -0.39 is 0 Å². The molecule has 0 saturated heterocycles. The number of carbonyl (C=O) groups excluding carboxylic acids is 1. The van der Waals surface area contributed by atoms with Crippen molar-refractivity contribution in [1.29, 1.82) is 0 Å². The first-order valence-corrected chi connectivity index (χ1v) is 7.78. The van der Waals surface area contributed by atoms with Crippen LogP contribution in [0.25, 0.3) is 0 Å². The molecule has 0 aromatic heterocycles. The van der Waals surface area contributed by atoms with E-state index in [1.807, 2.05) is 6.92 Å². The summed E-state index contributed by atoms with van der Waals surface area (Å²) in [4.78, 5) is 14.2. The Kier molecular flexibility index (Phi) is 5.16. The molecule has 0 bridgehead atoms. The van der Waals surface area contributed by atoms with Gasteiger partial charge in [-0.3, -0.25) is 4.79 Å². The first-order chi connectivity index (χ1) is 9.51. The lowest BCUT2D eigenvalue weighted by molar-refractivity contribution is -0.135. The minimum absolute atomic E-state index is 0.000152. The van der Waals surface area contributed by atoms with Gasteiger partial charge < -0.3 is 10.6 Å². The molecule has 0 unspecified atom stereocenters. The molecule has 1 aliphatic carbocycles. The molecule has 1 aliphatic rings. The van der Waals surface area contributed by atoms with Crippen molar-refractivity contribution in [3.63, 3.8) is 0 Å². The molecule has 1 aromatic carbocycles. The highest BCUT2D eigenvalue weighted by molar-refractivity contribution is 9.10. The van der Waals surface area contributed by atoms with Gasteiger partial charge in [-0.15, -0.1) is 0 Å². The summed E-state index contributed by atoms with van der Waals surface area (Å²) in [6.45, 7) is 2.81. The quantitative estimate of drug-likeness (QED) is 0.913. The molecule has 110 valence electrons. The molecular formula is C15H20BrFN2O. The highest BCUT2D eigenvalue weighted by atomic mass is 79.9. The van der Waals surface area contributed by atoms with Gasteiger partial charge in [-0.05, 0) is 44.4 Å². The second-order valence-corrected chi connectivity index (χ2v) is 6.27. The number of benzene rings is 1. The highest BCUT2D eigenvalue weighted by Crippen LogP contribution is 2.27. The average molecular weight is 343 g/mol. The van der Waals surface area contributed by atoms with Crippen molar-refractivity contribution in [2.45, 2.75) is 38.8 Å². The minimum Gasteiger partial charge on any atom is -0.338 e. The summed E-state index contributed by atoms with van der Waals surface area (Å²) in [5, 5.41) is 0. The van der Waals surface area contributed by atoms with Gasteiger partial charge in [-0.2, -0.15) is 0 Å². The normalized spacial score (nSPS) is 22.0. The number of nitrogens with zero attached hydrogens (tertiary/aromatic N) is 1. The van der Waals surface area contributed by atoms with Gasteiger partial charge in [0.2, 0.25) is 5.91 Å². The maximum absolute atomic E-state index is 13.8. The summed E-state index contributed by atoms with van der Waals surface area (Å²) in [5.74, 6) is -0.178. The summed E-state index contributed by atoms with van der Waals surface area (Å²) in [6.07, 6.45) is 2.49. The van der Waals surface area contributed by atoms with Crippen LogP contribution in [0.4, 0.5) is 4.39 Å². The zero-order valence-corrected chi connectivity index (χ0v) is 13.2. The third-order valence-electron chi connectivity index (χ3n) is 3.88. The van der Waals surface area contributed by atoms with E-state index in [1.54, 1.807) is 17.0 Å². The van der Waals surface area contributed by atoms with Crippen molar-refractivity contribution in [3.05, 3.63) is 34.1 Å². The molecule has 1 aromatic rings. The van der Waals surface area contributed by atoms with Crippen LogP contribution in [-0.2, 0) is 11.3 Å². The zero-order valence-electron chi connectivity index (χ0n) is 11.6. The molecule has 0 spiro atoms. The fraction of sp³-hybridized carbons (Fsp3) is 0.533. The van der Waals surface area contributed by atoms with Crippen molar-refractivity contribution >= 4 is 21.8 Å². The summed E-state index contributed by atoms with van der Waals surface area (Å²) in [6, 6.07) is 4.94. The SMILES string of the molecule is CCN(Cc1cc(Br)ccc1F)C(=O)[C@H]1CC[C@H](N)C1. The number of rotatable bonds is 4. The monoisotopic (exact) mass is 342 g/mol. The molecule has 3 nitrogen and oxygen atoms in total. The van der Waals surface area contributed by atoms with E-state index >= 15 is 0 Å². The fourth-order valence-electron chi connectivity index (χ4n) is 2.71. The lowest BCUT2D eigenvalue weighted by Gasteiger charge is -2.24. The molecule has 1 saturated carbocycles. The molecule has 5 heteroatoms. The van der Waals surface area contributed by atoms with E-state index in [1.165, 1.54) is 6.07 Å². The van der Waals surface area contributed by atoms with Gasteiger partial charge in [0.1, 0.15) is 5.82 Å². The number of hydrogen-bond acceptors (Lipinski definition) is 2. The predicted octanol–water partition coefficient (Wildman–Crippen LogP) is 3.06. The van der Waals surface area contributed by atoms with Gasteiger partial charge in [0.15, 0.2) is 0 Å². The van der Waals surface area contributed by atoms with E-state index in [-0.39, 0.29) is 23.7 Å². The van der Waals surface area contributed by atoms with Crippen molar-refractivity contribution in [2.75, 3.05) is 6.54 Å². The Bertz CT molecular complexity index is 495. The molecule has 0 radical (unpaired) electrons. The first kappa shape index (κ1) is 15.4. The number of carbonyl (C=O) groups is 1. The Hall–Kier alpha value is -0.940. The van der Waals surface area contributed by atoms with Crippen LogP contribution < -0.4 is 5.73 Å². The molecule has 0 heterocycles. The summed E-state index contributed by atoms with van der Waals surface area (Å²) in [7, 11) is 0. The Balaban J connectivity index is 2.08. The molecule has 0 aliphatic heterocycles. The van der Waals surface area contributed by atoms with Crippen LogP contribution in [0.1, 0.15) is 31.7 Å². The number of halogens is 2. The standard InChI is InChI=1S/C15H20BrFN2O/c1-2-19(15(20)10-3-5-13(18)8-10)9-11-7-12(16)4-6-14(11)17/h4,6-7,10,13H,2-3,5,8-9,18H2,1H3/t10-,13-/m0/s1. The fourth-order valence-corrected chi connectivity index (χ4v) is 3.12. The molecular weight excluding hydrogens is 323 g/mol. The van der Waals surface area contributed by atoms with Crippen LogP contribution in [0.15, 0.2) is 22.7 Å². The Labute approximate surface area is 127 Å². The van der Waals surface area contributed by atoms with Gasteiger partial charge in [0.05, 0.1) is 0 Å². The van der Waals surface area contributed by atoms with Crippen molar-refractivity contribution in [2.24, 2.45) is 11.7 Å². The topological polar surface area (TPSA) is 46.3 Å². The van der Waals surface area contributed by atoms with Gasteiger partial charge >= 0.3 is 0 Å². The molecule has 1 fully saturated rings. The van der Waals surface area contributed by atoms with E-state index in [4.69, 9.17) is 5.73 Å². The van der Waals surface area contributed by atoms with Crippen LogP contribution in [0.2, 0.25) is 0 Å². The van der Waals surface area contributed by atoms with E-state index in [9.17, 15) is 9.18 Å². The number of hydrogen-bond donors (Lipinski definition) is 1. The van der Waals surface area contributed by atoms with Gasteiger partial charge in [0.25, 0.3) is 0 Å². The maximum atomic E-state index is 13.8. The predicted molar refractivity (Wildman–Crippen MR) is 80.5 cm³/mol. The Morgan fingerprint density at radius 1 is 1.50 bits per heavy atom. The van der Waals surface area contributed by atoms with E-state index in [0.29, 0.717) is 18.7 Å². The molecule has 2 rings (SSSR count). The zero-order chi connectivity index (χ0) is 14.7. The Morgan fingerprint density at radius 3 is 2.85 bits per heavy atom. The first-order valence-electron chi connectivity index (χ1n) is 6.99. The number of nitrogens with two attached hydrogens (primary N) is 1. The average Bonchev–Trinajstić information content (AvgIpc) is 2.85. The summed E-state index contributed by atoms with van der Waals surface area (Å²) >= 11 is 3.33. The lowest BCUT2D eigenvalue weighted by Crippen LogP contribution is -2.35. The maximum Gasteiger partial charge on any atom is 0.226 e. The second kappa shape index (κ2) is 6.68. The summed E-state index contributed by atoms with van der Waals surface area (Å²) < 4.78 is 14.6. The number of amides is 1. The molecule has 20 heavy (non-hydrogen) atoms. The summed E-state index contributed by atoms with van der Waals surface area (Å²) in [5.41, 5.74) is 6.40. The smallest absolute Gasteiger partial charge is 0.226 e. The largest absolute Gasteiger partial charge is 0.338 e. The third-order valence-corrected chi connectivity index (χ3v) is 4.38. The van der Waals surface area contributed by atoms with Crippen LogP contribution >= 0.6 is 15.9 Å². The van der Waals surface area contributed by atoms with Crippen LogP contribution in [0.5, 0.6) is 0 Å². The lowest BCUT2D eigenvalue weighted by atomic mass is 10.1. The van der Waals surface area contributed by atoms with Gasteiger partial charge in [-0.1, -0.05) is 15.9 Å². The van der Waals surface area contributed by atoms with Crippen molar-refractivity contribution < 1.29 is 9.18 Å². The molecule has 2 atom stereocenters.